The van der Waals surface area contributed by atoms with E-state index in [1.807, 2.05) is 5.32 Å². The summed E-state index contributed by atoms with van der Waals surface area (Å²) in [4.78, 5) is 12.0. The summed E-state index contributed by atoms with van der Waals surface area (Å²) in [7, 11) is 0. The fraction of sp³-hybridized carbons (Fsp3) is 0.0588. The molecule has 128 valence electrons. The van der Waals surface area contributed by atoms with E-state index in [1.54, 1.807) is 0 Å². The smallest absolute Gasteiger partial charge is 0.321 e. The molecule has 0 aliphatic carbocycles. The molecule has 0 saturated carbocycles. The molecule has 0 aliphatic rings. The van der Waals surface area contributed by atoms with Crippen LogP contribution in [0.15, 0.2) is 48.0 Å². The standard InChI is InChI=1S/C17H9F5N2O/c18-12-6-5-10(14(19)8-12)7-11(9-23)16(25)24-15-4-2-1-3-13(15)17(20,21)22/h1-8H,(H,24,25)/b11-7-. The van der Waals surface area contributed by atoms with Gasteiger partial charge in [0.1, 0.15) is 23.3 Å². The quantitative estimate of drug-likeness (QED) is 0.501. The zero-order chi connectivity index (χ0) is 18.6. The second-order valence-corrected chi connectivity index (χ2v) is 4.83. The Bertz CT molecular complexity index is 881. The van der Waals surface area contributed by atoms with Crippen LogP contribution in [0, 0.1) is 23.0 Å². The van der Waals surface area contributed by atoms with Crippen LogP contribution in [0.1, 0.15) is 11.1 Å². The van der Waals surface area contributed by atoms with Gasteiger partial charge < -0.3 is 5.32 Å². The Labute approximate surface area is 139 Å². The summed E-state index contributed by atoms with van der Waals surface area (Å²) in [5, 5.41) is 11.0. The second kappa shape index (κ2) is 7.13. The number of hydrogen-bond acceptors (Lipinski definition) is 2. The van der Waals surface area contributed by atoms with E-state index in [4.69, 9.17) is 5.26 Å². The molecule has 8 heteroatoms. The second-order valence-electron chi connectivity index (χ2n) is 4.83. The van der Waals surface area contributed by atoms with Gasteiger partial charge in [0.15, 0.2) is 0 Å². The number of nitrogens with zero attached hydrogens (tertiary/aromatic N) is 1. The Morgan fingerprint density at radius 2 is 1.80 bits per heavy atom. The third-order valence-electron chi connectivity index (χ3n) is 3.11. The molecule has 1 amide bonds. The number of anilines is 1. The highest BCUT2D eigenvalue weighted by Crippen LogP contribution is 2.34. The predicted molar refractivity (Wildman–Crippen MR) is 80.0 cm³/mol. The molecule has 0 aliphatic heterocycles. The molecule has 0 aromatic heterocycles. The van der Waals surface area contributed by atoms with Gasteiger partial charge in [0.25, 0.3) is 5.91 Å². The molecule has 2 rings (SSSR count). The number of carbonyl (C=O) groups excluding carboxylic acids is 1. The summed E-state index contributed by atoms with van der Waals surface area (Å²) < 4.78 is 65.2. The Morgan fingerprint density at radius 3 is 2.40 bits per heavy atom. The van der Waals surface area contributed by atoms with Crippen LogP contribution < -0.4 is 5.32 Å². The van der Waals surface area contributed by atoms with Crippen molar-refractivity contribution in [2.24, 2.45) is 0 Å². The van der Waals surface area contributed by atoms with Crippen LogP contribution in [0.3, 0.4) is 0 Å². The zero-order valence-electron chi connectivity index (χ0n) is 12.4. The minimum atomic E-state index is -4.70. The Kier molecular flexibility index (Phi) is 5.17. The van der Waals surface area contributed by atoms with E-state index < -0.39 is 40.5 Å². The number of benzene rings is 2. The third-order valence-corrected chi connectivity index (χ3v) is 3.11. The van der Waals surface area contributed by atoms with Crippen molar-refractivity contribution in [3.8, 4) is 6.07 Å². The molecule has 0 atom stereocenters. The number of nitrogens with one attached hydrogen (secondary N) is 1. The van der Waals surface area contributed by atoms with Crippen molar-refractivity contribution in [1.82, 2.24) is 0 Å². The molecule has 3 nitrogen and oxygen atoms in total. The molecule has 2 aromatic carbocycles. The van der Waals surface area contributed by atoms with Crippen molar-refractivity contribution in [1.29, 1.82) is 5.26 Å². The zero-order valence-corrected chi connectivity index (χ0v) is 12.4. The van der Waals surface area contributed by atoms with Crippen LogP contribution in [-0.4, -0.2) is 5.91 Å². The minimum Gasteiger partial charge on any atom is -0.321 e. The molecular weight excluding hydrogens is 343 g/mol. The van der Waals surface area contributed by atoms with Crippen molar-refractivity contribution in [3.63, 3.8) is 0 Å². The predicted octanol–water partition coefficient (Wildman–Crippen LogP) is 4.53. The summed E-state index contributed by atoms with van der Waals surface area (Å²) in [5.41, 5.74) is -2.52. The molecule has 0 unspecified atom stereocenters. The summed E-state index contributed by atoms with van der Waals surface area (Å²) in [5.74, 6) is -3.02. The van der Waals surface area contributed by atoms with Gasteiger partial charge in [-0.15, -0.1) is 0 Å². The van der Waals surface area contributed by atoms with Gasteiger partial charge in [0, 0.05) is 11.6 Å². The number of halogens is 5. The summed E-state index contributed by atoms with van der Waals surface area (Å²) in [6.07, 6.45) is -3.89. The first-order valence-corrected chi connectivity index (χ1v) is 6.77. The average Bonchev–Trinajstić information content (AvgIpc) is 2.53. The van der Waals surface area contributed by atoms with E-state index >= 15 is 0 Å². The molecule has 0 fully saturated rings. The van der Waals surface area contributed by atoms with Gasteiger partial charge in [-0.25, -0.2) is 8.78 Å². The number of nitriles is 1. The van der Waals surface area contributed by atoms with E-state index in [-0.39, 0.29) is 5.56 Å². The van der Waals surface area contributed by atoms with Crippen molar-refractivity contribution < 1.29 is 26.7 Å². The number of para-hydroxylation sites is 1. The van der Waals surface area contributed by atoms with Gasteiger partial charge in [-0.3, -0.25) is 4.79 Å². The van der Waals surface area contributed by atoms with Crippen LogP contribution in [0.5, 0.6) is 0 Å². The average molecular weight is 352 g/mol. The van der Waals surface area contributed by atoms with Gasteiger partial charge in [0.2, 0.25) is 0 Å². The Balaban J connectivity index is 2.34. The maximum Gasteiger partial charge on any atom is 0.418 e. The van der Waals surface area contributed by atoms with Gasteiger partial charge in [-0.1, -0.05) is 12.1 Å². The van der Waals surface area contributed by atoms with Crippen LogP contribution in [0.25, 0.3) is 6.08 Å². The Morgan fingerprint density at radius 1 is 1.12 bits per heavy atom. The Hall–Kier alpha value is -3.21. The monoisotopic (exact) mass is 352 g/mol. The SMILES string of the molecule is N#C/C(=C/c1ccc(F)cc1F)C(=O)Nc1ccccc1C(F)(F)F. The van der Waals surface area contributed by atoms with Gasteiger partial charge in [-0.2, -0.15) is 18.4 Å². The van der Waals surface area contributed by atoms with Crippen molar-refractivity contribution in [3.05, 3.63) is 70.8 Å². The van der Waals surface area contributed by atoms with E-state index in [2.05, 4.69) is 0 Å². The minimum absolute atomic E-state index is 0.253. The fourth-order valence-electron chi connectivity index (χ4n) is 1.95. The topological polar surface area (TPSA) is 52.9 Å². The summed E-state index contributed by atoms with van der Waals surface area (Å²) in [6, 6.07) is 8.16. The number of amides is 1. The largest absolute Gasteiger partial charge is 0.418 e. The molecule has 25 heavy (non-hydrogen) atoms. The normalized spacial score (nSPS) is 11.8. The maximum atomic E-state index is 13.6. The van der Waals surface area contributed by atoms with E-state index in [0.29, 0.717) is 6.07 Å². The van der Waals surface area contributed by atoms with Crippen LogP contribution in [0.4, 0.5) is 27.6 Å². The highest BCUT2D eigenvalue weighted by Gasteiger charge is 2.33. The van der Waals surface area contributed by atoms with E-state index in [0.717, 1.165) is 36.4 Å². The van der Waals surface area contributed by atoms with Crippen LogP contribution in [0.2, 0.25) is 0 Å². The highest BCUT2D eigenvalue weighted by atomic mass is 19.4. The molecular formula is C17H9F5N2O. The fourth-order valence-corrected chi connectivity index (χ4v) is 1.95. The molecule has 0 heterocycles. The number of hydrogen-bond donors (Lipinski definition) is 1. The first-order chi connectivity index (χ1) is 11.7. The molecule has 2 aromatic rings. The first-order valence-electron chi connectivity index (χ1n) is 6.77. The molecule has 1 N–H and O–H groups in total. The first kappa shape index (κ1) is 18.1. The van der Waals surface area contributed by atoms with Crippen molar-refractivity contribution >= 4 is 17.7 Å². The molecule has 0 radical (unpaired) electrons. The van der Waals surface area contributed by atoms with Gasteiger partial charge in [-0.05, 0) is 30.3 Å². The number of alkyl halides is 3. The van der Waals surface area contributed by atoms with E-state index in [1.165, 1.54) is 12.1 Å². The summed E-state index contributed by atoms with van der Waals surface area (Å²) >= 11 is 0. The lowest BCUT2D eigenvalue weighted by molar-refractivity contribution is -0.137. The highest BCUT2D eigenvalue weighted by molar-refractivity contribution is 6.10. The lowest BCUT2D eigenvalue weighted by Crippen LogP contribution is -2.17. The van der Waals surface area contributed by atoms with Crippen LogP contribution >= 0.6 is 0 Å². The number of carbonyl (C=O) groups is 1. The molecule has 0 bridgehead atoms. The van der Waals surface area contributed by atoms with Gasteiger partial charge >= 0.3 is 6.18 Å². The van der Waals surface area contributed by atoms with Crippen LogP contribution in [-0.2, 0) is 11.0 Å². The van der Waals surface area contributed by atoms with Gasteiger partial charge in [0.05, 0.1) is 11.3 Å². The lowest BCUT2D eigenvalue weighted by Gasteiger charge is -2.13. The number of rotatable bonds is 3. The molecule has 0 spiro atoms. The summed E-state index contributed by atoms with van der Waals surface area (Å²) in [6.45, 7) is 0. The molecule has 0 saturated heterocycles. The van der Waals surface area contributed by atoms with E-state index in [9.17, 15) is 26.7 Å². The van der Waals surface area contributed by atoms with Crippen molar-refractivity contribution in [2.45, 2.75) is 6.18 Å². The third kappa shape index (κ3) is 4.41. The van der Waals surface area contributed by atoms with Crippen molar-refractivity contribution in [2.75, 3.05) is 5.32 Å². The lowest BCUT2D eigenvalue weighted by atomic mass is 10.1. The maximum absolute atomic E-state index is 13.6.